The van der Waals surface area contributed by atoms with Gasteiger partial charge in [-0.15, -0.1) is 11.3 Å². The van der Waals surface area contributed by atoms with Crippen LogP contribution in [0.25, 0.3) is 0 Å². The lowest BCUT2D eigenvalue weighted by atomic mass is 10.0. The van der Waals surface area contributed by atoms with Gasteiger partial charge < -0.3 is 20.1 Å². The lowest BCUT2D eigenvalue weighted by Crippen LogP contribution is -2.47. The summed E-state index contributed by atoms with van der Waals surface area (Å²) < 4.78 is 4.79. The smallest absolute Gasteiger partial charge is 0.334 e. The third-order valence-electron chi connectivity index (χ3n) is 3.54. The largest absolute Gasteiger partial charge is 0.479 e. The molecule has 0 aliphatic carbocycles. The molecule has 0 bridgehead atoms. The van der Waals surface area contributed by atoms with Crippen molar-refractivity contribution in [2.75, 3.05) is 20.2 Å². The summed E-state index contributed by atoms with van der Waals surface area (Å²) in [4.78, 5) is 26.0. The van der Waals surface area contributed by atoms with Gasteiger partial charge >= 0.3 is 12.0 Å². The van der Waals surface area contributed by atoms with Crippen molar-refractivity contribution in [1.82, 2.24) is 10.2 Å². The summed E-state index contributed by atoms with van der Waals surface area (Å²) in [6.07, 6.45) is -0.173. The van der Waals surface area contributed by atoms with Crippen molar-refractivity contribution in [3.05, 3.63) is 21.9 Å². The molecule has 0 spiro atoms. The highest BCUT2D eigenvalue weighted by molar-refractivity contribution is 7.10. The summed E-state index contributed by atoms with van der Waals surface area (Å²) in [6.45, 7) is 2.59. The molecule has 0 aromatic carbocycles. The van der Waals surface area contributed by atoms with Crippen LogP contribution < -0.4 is 5.32 Å². The number of ether oxygens (including phenoxy) is 1. The molecule has 7 heteroatoms. The van der Waals surface area contributed by atoms with Crippen molar-refractivity contribution in [3.63, 3.8) is 0 Å². The number of carboxylic acid groups (broad SMARTS) is 1. The molecule has 2 atom stereocenters. The number of carbonyl (C=O) groups excluding carboxylic acids is 1. The lowest BCUT2D eigenvalue weighted by molar-refractivity contribution is -0.148. The molecule has 20 heavy (non-hydrogen) atoms. The fourth-order valence-electron chi connectivity index (χ4n) is 2.34. The summed E-state index contributed by atoms with van der Waals surface area (Å²) in [6, 6.07) is 1.80. The van der Waals surface area contributed by atoms with Crippen LogP contribution in [0.2, 0.25) is 0 Å². The molecule has 2 N–H and O–H groups in total. The molecule has 2 unspecified atom stereocenters. The lowest BCUT2D eigenvalue weighted by Gasteiger charge is -2.33. The Kier molecular flexibility index (Phi) is 4.61. The second-order valence-electron chi connectivity index (χ2n) is 4.67. The number of methoxy groups -OCH3 is 1. The van der Waals surface area contributed by atoms with Crippen molar-refractivity contribution in [2.24, 2.45) is 0 Å². The molecule has 110 valence electrons. The van der Waals surface area contributed by atoms with E-state index in [0.717, 1.165) is 6.42 Å². The number of aliphatic carboxylic acids is 1. The van der Waals surface area contributed by atoms with Gasteiger partial charge in [0.05, 0.1) is 12.6 Å². The Morgan fingerprint density at radius 1 is 1.65 bits per heavy atom. The van der Waals surface area contributed by atoms with Crippen LogP contribution in [-0.2, 0) is 16.0 Å². The second kappa shape index (κ2) is 6.23. The first-order valence-electron chi connectivity index (χ1n) is 6.41. The summed E-state index contributed by atoms with van der Waals surface area (Å²) in [5.74, 6) is -1.08. The van der Waals surface area contributed by atoms with Crippen molar-refractivity contribution in [3.8, 4) is 0 Å². The molecule has 2 rings (SSSR count). The molecule has 6 nitrogen and oxygen atoms in total. The van der Waals surface area contributed by atoms with Crippen LogP contribution in [0.5, 0.6) is 0 Å². The number of amides is 2. The average Bonchev–Trinajstić information content (AvgIpc) is 2.88. The second-order valence-corrected chi connectivity index (χ2v) is 5.67. The minimum Gasteiger partial charge on any atom is -0.479 e. The maximum atomic E-state index is 12.2. The first-order valence-corrected chi connectivity index (χ1v) is 7.29. The van der Waals surface area contributed by atoms with Gasteiger partial charge in [-0.25, -0.2) is 9.59 Å². The van der Waals surface area contributed by atoms with Gasteiger partial charge in [0.25, 0.3) is 0 Å². The zero-order valence-corrected chi connectivity index (χ0v) is 12.3. The predicted molar refractivity (Wildman–Crippen MR) is 75.0 cm³/mol. The number of rotatable bonds is 4. The fourth-order valence-corrected chi connectivity index (χ4v) is 3.30. The molecule has 0 saturated carbocycles. The Hall–Kier alpha value is -1.60. The van der Waals surface area contributed by atoms with Crippen LogP contribution >= 0.6 is 11.3 Å². The highest BCUT2D eigenvalue weighted by Crippen LogP contribution is 2.32. The quantitative estimate of drug-likeness (QED) is 0.882. The molecule has 1 aromatic heterocycles. The normalized spacial score (nSPS) is 19.3. The van der Waals surface area contributed by atoms with E-state index in [1.165, 1.54) is 17.6 Å². The van der Waals surface area contributed by atoms with Crippen molar-refractivity contribution >= 4 is 23.3 Å². The average molecular weight is 298 g/mol. The monoisotopic (exact) mass is 298 g/mol. The Morgan fingerprint density at radius 3 is 3.05 bits per heavy atom. The maximum Gasteiger partial charge on any atom is 0.334 e. The Bertz CT molecular complexity index is 502. The first-order chi connectivity index (χ1) is 9.54. The standard InChI is InChI=1S/C13H18N2O4S/c1-8-9-4-6-20-11(9)3-5-15(8)13(18)14-7-10(19-2)12(16)17/h4,6,8,10H,3,5,7H2,1-2H3,(H,14,18)(H,16,17). The highest BCUT2D eigenvalue weighted by atomic mass is 32.1. The van der Waals surface area contributed by atoms with Crippen molar-refractivity contribution in [1.29, 1.82) is 0 Å². The number of hydrogen-bond acceptors (Lipinski definition) is 4. The Morgan fingerprint density at radius 2 is 2.40 bits per heavy atom. The molecular formula is C13H18N2O4S. The van der Waals surface area contributed by atoms with E-state index >= 15 is 0 Å². The van der Waals surface area contributed by atoms with E-state index in [2.05, 4.69) is 5.32 Å². The first kappa shape index (κ1) is 14.8. The Balaban J connectivity index is 1.95. The van der Waals surface area contributed by atoms with Crippen molar-refractivity contribution in [2.45, 2.75) is 25.5 Å². The molecule has 0 radical (unpaired) electrons. The third kappa shape index (κ3) is 2.94. The molecule has 1 aliphatic rings. The molecule has 0 fully saturated rings. The van der Waals surface area contributed by atoms with Gasteiger partial charge in [0, 0.05) is 18.5 Å². The SMILES string of the molecule is COC(CNC(=O)N1CCc2sccc2C1C)C(=O)O. The van der Waals surface area contributed by atoms with E-state index in [0.29, 0.717) is 6.54 Å². The van der Waals surface area contributed by atoms with Crippen LogP contribution in [-0.4, -0.2) is 48.3 Å². The number of hydrogen-bond donors (Lipinski definition) is 2. The zero-order valence-electron chi connectivity index (χ0n) is 11.5. The number of thiophene rings is 1. The molecular weight excluding hydrogens is 280 g/mol. The minimum absolute atomic E-state index is 0.0100. The third-order valence-corrected chi connectivity index (χ3v) is 4.53. The van der Waals surface area contributed by atoms with Gasteiger partial charge in [-0.2, -0.15) is 0 Å². The molecule has 1 aromatic rings. The summed E-state index contributed by atoms with van der Waals surface area (Å²) in [5.41, 5.74) is 1.18. The molecule has 2 amide bonds. The number of fused-ring (bicyclic) bond motifs is 1. The maximum absolute atomic E-state index is 12.2. The number of carbonyl (C=O) groups is 2. The molecule has 1 aliphatic heterocycles. The van der Waals surface area contributed by atoms with E-state index in [1.54, 1.807) is 16.2 Å². The van der Waals surface area contributed by atoms with Crippen LogP contribution in [0.1, 0.15) is 23.4 Å². The van der Waals surface area contributed by atoms with Gasteiger partial charge in [-0.05, 0) is 30.4 Å². The number of nitrogens with one attached hydrogen (secondary N) is 1. The number of urea groups is 1. The van der Waals surface area contributed by atoms with Crippen LogP contribution in [0.4, 0.5) is 4.79 Å². The summed E-state index contributed by atoms with van der Waals surface area (Å²) in [5, 5.41) is 13.5. The predicted octanol–water partition coefficient (Wildman–Crippen LogP) is 1.48. The van der Waals surface area contributed by atoms with Crippen LogP contribution in [0.3, 0.4) is 0 Å². The molecule has 2 heterocycles. The van der Waals surface area contributed by atoms with Gasteiger partial charge in [-0.3, -0.25) is 0 Å². The van der Waals surface area contributed by atoms with Crippen LogP contribution in [0.15, 0.2) is 11.4 Å². The fraction of sp³-hybridized carbons (Fsp3) is 0.538. The number of nitrogens with zero attached hydrogens (tertiary/aromatic N) is 1. The van der Waals surface area contributed by atoms with Gasteiger partial charge in [0.2, 0.25) is 0 Å². The zero-order chi connectivity index (χ0) is 14.7. The van der Waals surface area contributed by atoms with Gasteiger partial charge in [0.15, 0.2) is 6.10 Å². The minimum atomic E-state index is -1.08. The topological polar surface area (TPSA) is 78.9 Å². The van der Waals surface area contributed by atoms with E-state index in [-0.39, 0.29) is 18.6 Å². The van der Waals surface area contributed by atoms with E-state index in [9.17, 15) is 9.59 Å². The van der Waals surface area contributed by atoms with Gasteiger partial charge in [0.1, 0.15) is 0 Å². The van der Waals surface area contributed by atoms with E-state index in [1.807, 2.05) is 18.4 Å². The van der Waals surface area contributed by atoms with Crippen molar-refractivity contribution < 1.29 is 19.4 Å². The highest BCUT2D eigenvalue weighted by Gasteiger charge is 2.29. The number of carboxylic acids is 1. The van der Waals surface area contributed by atoms with Crippen LogP contribution in [0, 0.1) is 0 Å². The van der Waals surface area contributed by atoms with Gasteiger partial charge in [-0.1, -0.05) is 0 Å². The summed E-state index contributed by atoms with van der Waals surface area (Å²) in [7, 11) is 1.31. The Labute approximate surface area is 121 Å². The van der Waals surface area contributed by atoms with E-state index < -0.39 is 12.1 Å². The molecule has 0 saturated heterocycles. The summed E-state index contributed by atoms with van der Waals surface area (Å²) >= 11 is 1.71. The van der Waals surface area contributed by atoms with E-state index in [4.69, 9.17) is 9.84 Å².